The first-order valence-corrected chi connectivity index (χ1v) is 7.51. The van der Waals surface area contributed by atoms with Gasteiger partial charge >= 0.3 is 0 Å². The molecule has 0 radical (unpaired) electrons. The molecule has 0 aliphatic rings. The molecule has 1 heterocycles. The number of hydrogen-bond acceptors (Lipinski definition) is 3. The standard InChI is InChI=1S/C16H21ClN2O2/c1-5-12(17)14-18-13-9-7-6-8-11(13)15(20)19(14)16(2,3)10-21-4/h6-9,12H,5,10H2,1-4H3. The largest absolute Gasteiger partial charge is 0.382 e. The van der Waals surface area contributed by atoms with Crippen LogP contribution in [0.4, 0.5) is 0 Å². The van der Waals surface area contributed by atoms with E-state index in [1.807, 2.05) is 39.0 Å². The molecule has 2 aromatic rings. The zero-order chi connectivity index (χ0) is 15.6. The molecule has 114 valence electrons. The number of rotatable bonds is 5. The molecule has 1 aromatic carbocycles. The zero-order valence-corrected chi connectivity index (χ0v) is 13.6. The highest BCUT2D eigenvalue weighted by Crippen LogP contribution is 2.27. The quantitative estimate of drug-likeness (QED) is 0.794. The van der Waals surface area contributed by atoms with Crippen LogP contribution in [0.1, 0.15) is 38.4 Å². The van der Waals surface area contributed by atoms with Crippen LogP contribution in [0.3, 0.4) is 0 Å². The van der Waals surface area contributed by atoms with E-state index in [2.05, 4.69) is 4.98 Å². The summed E-state index contributed by atoms with van der Waals surface area (Å²) in [6.07, 6.45) is 0.704. The Bertz CT molecular complexity index is 694. The van der Waals surface area contributed by atoms with E-state index < -0.39 is 5.54 Å². The Balaban J connectivity index is 2.82. The number of ether oxygens (including phenoxy) is 1. The number of aromatic nitrogens is 2. The number of benzene rings is 1. The molecule has 0 aliphatic carbocycles. The van der Waals surface area contributed by atoms with Crippen molar-refractivity contribution in [3.05, 3.63) is 40.4 Å². The van der Waals surface area contributed by atoms with E-state index in [-0.39, 0.29) is 10.9 Å². The first kappa shape index (κ1) is 16.0. The van der Waals surface area contributed by atoms with Gasteiger partial charge in [0.2, 0.25) is 0 Å². The van der Waals surface area contributed by atoms with Crippen molar-refractivity contribution in [1.29, 1.82) is 0 Å². The van der Waals surface area contributed by atoms with E-state index in [1.54, 1.807) is 17.7 Å². The van der Waals surface area contributed by atoms with Crippen molar-refractivity contribution in [2.75, 3.05) is 13.7 Å². The van der Waals surface area contributed by atoms with Crippen LogP contribution in [0.5, 0.6) is 0 Å². The second-order valence-electron chi connectivity index (χ2n) is 5.75. The van der Waals surface area contributed by atoms with Gasteiger partial charge in [0, 0.05) is 7.11 Å². The highest BCUT2D eigenvalue weighted by atomic mass is 35.5. The summed E-state index contributed by atoms with van der Waals surface area (Å²) in [5, 5.41) is 0.295. The van der Waals surface area contributed by atoms with Crippen molar-refractivity contribution >= 4 is 22.5 Å². The summed E-state index contributed by atoms with van der Waals surface area (Å²) in [6, 6.07) is 7.35. The maximum Gasteiger partial charge on any atom is 0.262 e. The molecule has 0 fully saturated rings. The highest BCUT2D eigenvalue weighted by molar-refractivity contribution is 6.20. The molecule has 0 aliphatic heterocycles. The molecule has 5 heteroatoms. The molecule has 4 nitrogen and oxygen atoms in total. The van der Waals surface area contributed by atoms with E-state index in [0.717, 1.165) is 0 Å². The highest BCUT2D eigenvalue weighted by Gasteiger charge is 2.28. The van der Waals surface area contributed by atoms with Crippen molar-refractivity contribution in [2.45, 2.75) is 38.1 Å². The number of alkyl halides is 1. The fourth-order valence-electron chi connectivity index (χ4n) is 2.55. The lowest BCUT2D eigenvalue weighted by atomic mass is 10.0. The lowest BCUT2D eigenvalue weighted by Crippen LogP contribution is -2.42. The second-order valence-corrected chi connectivity index (χ2v) is 6.28. The van der Waals surface area contributed by atoms with Crippen molar-refractivity contribution in [1.82, 2.24) is 9.55 Å². The van der Waals surface area contributed by atoms with Crippen molar-refractivity contribution in [3.8, 4) is 0 Å². The summed E-state index contributed by atoms with van der Waals surface area (Å²) >= 11 is 6.41. The molecule has 0 saturated carbocycles. The van der Waals surface area contributed by atoms with Gasteiger partial charge in [-0.3, -0.25) is 9.36 Å². The van der Waals surface area contributed by atoms with E-state index in [1.165, 1.54) is 0 Å². The molecule has 1 aromatic heterocycles. The van der Waals surface area contributed by atoms with Gasteiger partial charge in [0.25, 0.3) is 5.56 Å². The molecule has 0 amide bonds. The number of hydrogen-bond donors (Lipinski definition) is 0. The minimum atomic E-state index is -0.513. The van der Waals surface area contributed by atoms with E-state index >= 15 is 0 Å². The Morgan fingerprint density at radius 1 is 1.38 bits per heavy atom. The molecule has 0 saturated heterocycles. The molecule has 1 atom stereocenters. The van der Waals surface area contributed by atoms with Crippen molar-refractivity contribution < 1.29 is 4.74 Å². The molecular formula is C16H21ClN2O2. The number of nitrogens with zero attached hydrogens (tertiary/aromatic N) is 2. The van der Waals surface area contributed by atoms with Gasteiger partial charge in [-0.15, -0.1) is 11.6 Å². The van der Waals surface area contributed by atoms with Crippen LogP contribution in [0.2, 0.25) is 0 Å². The Hall–Kier alpha value is -1.39. The first-order valence-electron chi connectivity index (χ1n) is 7.07. The minimum absolute atomic E-state index is 0.0725. The zero-order valence-electron chi connectivity index (χ0n) is 12.9. The lowest BCUT2D eigenvalue weighted by Gasteiger charge is -2.30. The van der Waals surface area contributed by atoms with Crippen LogP contribution in [0.25, 0.3) is 10.9 Å². The average Bonchev–Trinajstić information content (AvgIpc) is 2.45. The number of fused-ring (bicyclic) bond motifs is 1. The fourth-order valence-corrected chi connectivity index (χ4v) is 2.69. The van der Waals surface area contributed by atoms with Gasteiger partial charge in [0.15, 0.2) is 0 Å². The molecule has 0 spiro atoms. The SMILES string of the molecule is CCC(Cl)c1nc2ccccc2c(=O)n1C(C)(C)COC. The van der Waals surface area contributed by atoms with Gasteiger partial charge in [0.1, 0.15) is 5.82 Å². The van der Waals surface area contributed by atoms with Gasteiger partial charge in [-0.05, 0) is 32.4 Å². The summed E-state index contributed by atoms with van der Waals surface area (Å²) < 4.78 is 6.95. The lowest BCUT2D eigenvalue weighted by molar-refractivity contribution is 0.104. The maximum atomic E-state index is 12.9. The van der Waals surface area contributed by atoms with Gasteiger partial charge in [-0.1, -0.05) is 19.1 Å². The number of halogens is 1. The van der Waals surface area contributed by atoms with Gasteiger partial charge in [-0.2, -0.15) is 0 Å². The van der Waals surface area contributed by atoms with Crippen LogP contribution in [0.15, 0.2) is 29.1 Å². The summed E-state index contributed by atoms with van der Waals surface area (Å²) in [5.74, 6) is 0.602. The van der Waals surface area contributed by atoms with Crippen LogP contribution in [-0.4, -0.2) is 23.3 Å². The Morgan fingerprint density at radius 2 is 2.05 bits per heavy atom. The van der Waals surface area contributed by atoms with Gasteiger partial charge in [0.05, 0.1) is 28.4 Å². The van der Waals surface area contributed by atoms with Crippen molar-refractivity contribution in [3.63, 3.8) is 0 Å². The number of para-hydroxylation sites is 1. The summed E-state index contributed by atoms with van der Waals surface area (Å²) in [4.78, 5) is 17.5. The van der Waals surface area contributed by atoms with E-state index in [0.29, 0.717) is 29.8 Å². The maximum absolute atomic E-state index is 12.9. The van der Waals surface area contributed by atoms with Gasteiger partial charge < -0.3 is 4.74 Å². The summed E-state index contributed by atoms with van der Waals surface area (Å²) in [7, 11) is 1.62. The second kappa shape index (κ2) is 6.16. The number of methoxy groups -OCH3 is 1. The topological polar surface area (TPSA) is 44.1 Å². The van der Waals surface area contributed by atoms with Gasteiger partial charge in [-0.25, -0.2) is 4.98 Å². The van der Waals surface area contributed by atoms with Crippen LogP contribution in [0, 0.1) is 0 Å². The molecule has 0 bridgehead atoms. The Morgan fingerprint density at radius 3 is 2.67 bits per heavy atom. The molecule has 2 rings (SSSR count). The van der Waals surface area contributed by atoms with E-state index in [9.17, 15) is 4.79 Å². The molecule has 1 unspecified atom stereocenters. The Labute approximate surface area is 129 Å². The molecule has 0 N–H and O–H groups in total. The van der Waals surface area contributed by atoms with E-state index in [4.69, 9.17) is 16.3 Å². The third-order valence-corrected chi connectivity index (χ3v) is 4.05. The van der Waals surface area contributed by atoms with Crippen LogP contribution in [-0.2, 0) is 10.3 Å². The molecular weight excluding hydrogens is 288 g/mol. The first-order chi connectivity index (χ1) is 9.92. The van der Waals surface area contributed by atoms with Crippen LogP contribution < -0.4 is 5.56 Å². The van der Waals surface area contributed by atoms with Crippen LogP contribution >= 0.6 is 11.6 Å². The average molecular weight is 309 g/mol. The predicted octanol–water partition coefficient (Wildman–Crippen LogP) is 3.47. The summed E-state index contributed by atoms with van der Waals surface area (Å²) in [6.45, 7) is 6.30. The summed E-state index contributed by atoms with van der Waals surface area (Å²) in [5.41, 5.74) is 0.0957. The fraction of sp³-hybridized carbons (Fsp3) is 0.500. The smallest absolute Gasteiger partial charge is 0.262 e. The van der Waals surface area contributed by atoms with Crippen molar-refractivity contribution in [2.24, 2.45) is 0 Å². The predicted molar refractivity (Wildman–Crippen MR) is 86.1 cm³/mol. The third kappa shape index (κ3) is 2.97. The molecule has 21 heavy (non-hydrogen) atoms. The Kier molecular flexibility index (Phi) is 4.69. The minimum Gasteiger partial charge on any atom is -0.382 e. The monoisotopic (exact) mass is 308 g/mol. The normalized spacial score (nSPS) is 13.6. The third-order valence-electron chi connectivity index (χ3n) is 3.54.